The van der Waals surface area contributed by atoms with Crippen LogP contribution in [0.25, 0.3) is 0 Å². The third-order valence-corrected chi connectivity index (χ3v) is 5.55. The van der Waals surface area contributed by atoms with Gasteiger partial charge in [0.2, 0.25) is 15.9 Å². The summed E-state index contributed by atoms with van der Waals surface area (Å²) in [5.74, 6) is -0.520. The summed E-state index contributed by atoms with van der Waals surface area (Å²) in [7, 11) is -3.58. The molecule has 0 bridgehead atoms. The second-order valence-corrected chi connectivity index (χ2v) is 8.41. The Balaban J connectivity index is 2.05. The van der Waals surface area contributed by atoms with Gasteiger partial charge in [0.1, 0.15) is 5.54 Å². The fourth-order valence-corrected chi connectivity index (χ4v) is 3.64. The van der Waals surface area contributed by atoms with E-state index < -0.39 is 21.0 Å². The molecule has 134 valence electrons. The zero-order valence-electron chi connectivity index (χ0n) is 14.2. The van der Waals surface area contributed by atoms with Gasteiger partial charge >= 0.3 is 0 Å². The molecule has 0 saturated heterocycles. The molecule has 0 radical (unpaired) electrons. The SMILES string of the molecule is CCOC1CC(N)(C(=O)Nc2ccc(CS(N)(=O)=O)cc2)C1(C)C. The quantitative estimate of drug-likeness (QED) is 0.700. The van der Waals surface area contributed by atoms with Crippen LogP contribution in [0.3, 0.4) is 0 Å². The third kappa shape index (κ3) is 3.61. The smallest absolute Gasteiger partial charge is 0.245 e. The highest BCUT2D eigenvalue weighted by atomic mass is 32.2. The molecule has 24 heavy (non-hydrogen) atoms. The average molecular weight is 355 g/mol. The van der Waals surface area contributed by atoms with Crippen LogP contribution in [0.1, 0.15) is 32.8 Å². The van der Waals surface area contributed by atoms with Crippen LogP contribution in [-0.4, -0.2) is 32.6 Å². The second kappa shape index (κ2) is 6.44. The minimum Gasteiger partial charge on any atom is -0.378 e. The molecule has 8 heteroatoms. The molecule has 0 aromatic heterocycles. The van der Waals surface area contributed by atoms with Crippen LogP contribution < -0.4 is 16.2 Å². The summed E-state index contributed by atoms with van der Waals surface area (Å²) in [6.45, 7) is 6.34. The van der Waals surface area contributed by atoms with E-state index in [0.717, 1.165) is 0 Å². The average Bonchev–Trinajstić information content (AvgIpc) is 2.47. The van der Waals surface area contributed by atoms with Gasteiger partial charge in [-0.25, -0.2) is 13.6 Å². The van der Waals surface area contributed by atoms with Crippen LogP contribution in [0.2, 0.25) is 0 Å². The van der Waals surface area contributed by atoms with Crippen molar-refractivity contribution in [1.29, 1.82) is 0 Å². The van der Waals surface area contributed by atoms with E-state index in [2.05, 4.69) is 5.32 Å². The Bertz CT molecular complexity index is 715. The Labute approximate surface area is 142 Å². The van der Waals surface area contributed by atoms with E-state index in [1.54, 1.807) is 24.3 Å². The van der Waals surface area contributed by atoms with E-state index in [4.69, 9.17) is 15.6 Å². The molecule has 5 N–H and O–H groups in total. The Morgan fingerprint density at radius 2 is 1.92 bits per heavy atom. The third-order valence-electron chi connectivity index (χ3n) is 4.81. The van der Waals surface area contributed by atoms with Crippen molar-refractivity contribution in [3.63, 3.8) is 0 Å². The minimum absolute atomic E-state index is 0.0459. The lowest BCUT2D eigenvalue weighted by Gasteiger charge is -2.57. The predicted octanol–water partition coefficient (Wildman–Crippen LogP) is 0.946. The van der Waals surface area contributed by atoms with Crippen molar-refractivity contribution in [3.05, 3.63) is 29.8 Å². The van der Waals surface area contributed by atoms with E-state index >= 15 is 0 Å². The Kier molecular flexibility index (Phi) is 5.06. The maximum Gasteiger partial charge on any atom is 0.245 e. The Morgan fingerprint density at radius 3 is 2.38 bits per heavy atom. The van der Waals surface area contributed by atoms with E-state index in [0.29, 0.717) is 24.3 Å². The van der Waals surface area contributed by atoms with Crippen molar-refractivity contribution in [2.75, 3.05) is 11.9 Å². The highest BCUT2D eigenvalue weighted by Crippen LogP contribution is 2.50. The lowest BCUT2D eigenvalue weighted by molar-refractivity contribution is -0.166. The molecule has 1 saturated carbocycles. The molecule has 1 aliphatic rings. The molecule has 1 aromatic rings. The molecule has 1 fully saturated rings. The highest BCUT2D eigenvalue weighted by molar-refractivity contribution is 7.88. The summed E-state index contributed by atoms with van der Waals surface area (Å²) in [4.78, 5) is 12.6. The molecule has 2 rings (SSSR count). The van der Waals surface area contributed by atoms with Crippen molar-refractivity contribution >= 4 is 21.6 Å². The van der Waals surface area contributed by atoms with E-state index in [1.807, 2.05) is 20.8 Å². The fourth-order valence-electron chi connectivity index (χ4n) is 2.98. The van der Waals surface area contributed by atoms with Gasteiger partial charge in [0.15, 0.2) is 0 Å². The van der Waals surface area contributed by atoms with Gasteiger partial charge in [-0.1, -0.05) is 26.0 Å². The summed E-state index contributed by atoms with van der Waals surface area (Å²) in [6.07, 6.45) is 0.416. The molecule has 0 spiro atoms. The van der Waals surface area contributed by atoms with Crippen LogP contribution >= 0.6 is 0 Å². The van der Waals surface area contributed by atoms with Crippen molar-refractivity contribution < 1.29 is 17.9 Å². The van der Waals surface area contributed by atoms with Gasteiger partial charge in [0.05, 0.1) is 11.9 Å². The monoisotopic (exact) mass is 355 g/mol. The van der Waals surface area contributed by atoms with Crippen molar-refractivity contribution in [2.45, 2.75) is 44.6 Å². The number of carbonyl (C=O) groups excluding carboxylic acids is 1. The number of carbonyl (C=O) groups is 1. The topological polar surface area (TPSA) is 125 Å². The van der Waals surface area contributed by atoms with Gasteiger partial charge in [-0.05, 0) is 24.6 Å². The van der Waals surface area contributed by atoms with Gasteiger partial charge in [-0.3, -0.25) is 4.79 Å². The normalized spacial score (nSPS) is 25.8. The van der Waals surface area contributed by atoms with Crippen LogP contribution in [0, 0.1) is 5.41 Å². The van der Waals surface area contributed by atoms with Gasteiger partial charge in [0.25, 0.3) is 0 Å². The number of anilines is 1. The fraction of sp³-hybridized carbons (Fsp3) is 0.562. The Hall–Kier alpha value is -1.48. The van der Waals surface area contributed by atoms with Crippen molar-refractivity contribution in [3.8, 4) is 0 Å². The molecule has 7 nitrogen and oxygen atoms in total. The number of nitrogens with one attached hydrogen (secondary N) is 1. The maximum atomic E-state index is 12.6. The molecular formula is C16H25N3O4S. The zero-order valence-corrected chi connectivity index (χ0v) is 15.0. The summed E-state index contributed by atoms with van der Waals surface area (Å²) >= 11 is 0. The first-order valence-electron chi connectivity index (χ1n) is 7.81. The molecule has 2 unspecified atom stereocenters. The molecule has 1 aromatic carbocycles. The number of nitrogens with two attached hydrogens (primary N) is 2. The Morgan fingerprint density at radius 1 is 1.33 bits per heavy atom. The van der Waals surface area contributed by atoms with E-state index in [1.165, 1.54) is 0 Å². The number of rotatable bonds is 6. The summed E-state index contributed by atoms with van der Waals surface area (Å²) in [5, 5.41) is 7.80. The largest absolute Gasteiger partial charge is 0.378 e. The molecule has 2 atom stereocenters. The number of ether oxygens (including phenoxy) is 1. The number of amides is 1. The molecule has 1 aliphatic carbocycles. The maximum absolute atomic E-state index is 12.6. The van der Waals surface area contributed by atoms with Crippen molar-refractivity contribution in [1.82, 2.24) is 0 Å². The molecular weight excluding hydrogens is 330 g/mol. The van der Waals surface area contributed by atoms with Gasteiger partial charge in [0, 0.05) is 24.1 Å². The molecule has 1 amide bonds. The molecule has 0 heterocycles. The summed E-state index contributed by atoms with van der Waals surface area (Å²) < 4.78 is 27.8. The summed E-state index contributed by atoms with van der Waals surface area (Å²) in [5.41, 5.74) is 5.95. The predicted molar refractivity (Wildman–Crippen MR) is 92.6 cm³/mol. The zero-order chi connectivity index (χ0) is 18.2. The van der Waals surface area contributed by atoms with Crippen molar-refractivity contribution in [2.24, 2.45) is 16.3 Å². The van der Waals surface area contributed by atoms with Gasteiger partial charge in [-0.15, -0.1) is 0 Å². The van der Waals surface area contributed by atoms with Gasteiger partial charge < -0.3 is 15.8 Å². The van der Waals surface area contributed by atoms with Crippen LogP contribution in [-0.2, 0) is 25.3 Å². The lowest BCUT2D eigenvalue weighted by Crippen LogP contribution is -2.74. The highest BCUT2D eigenvalue weighted by Gasteiger charge is 2.62. The minimum atomic E-state index is -3.58. The second-order valence-electron chi connectivity index (χ2n) is 6.80. The summed E-state index contributed by atoms with van der Waals surface area (Å²) in [6, 6.07) is 6.48. The first-order valence-corrected chi connectivity index (χ1v) is 9.52. The van der Waals surface area contributed by atoms with Crippen LogP contribution in [0.15, 0.2) is 24.3 Å². The van der Waals surface area contributed by atoms with E-state index in [-0.39, 0.29) is 17.8 Å². The molecule has 0 aliphatic heterocycles. The number of sulfonamides is 1. The first kappa shape index (κ1) is 18.9. The number of hydrogen-bond donors (Lipinski definition) is 3. The number of hydrogen-bond acceptors (Lipinski definition) is 5. The van der Waals surface area contributed by atoms with E-state index in [9.17, 15) is 13.2 Å². The lowest BCUT2D eigenvalue weighted by atomic mass is 9.54. The van der Waals surface area contributed by atoms with Gasteiger partial charge in [-0.2, -0.15) is 0 Å². The number of primary sulfonamides is 1. The standard InChI is InChI=1S/C16H25N3O4S/c1-4-23-13-9-16(17,15(13,2)3)14(20)19-12-7-5-11(6-8-12)10-24(18,21)22/h5-8,13H,4,9-10,17H2,1-3H3,(H,19,20)(H2,18,21,22). The number of benzene rings is 1. The van der Waals surface area contributed by atoms with Crippen LogP contribution in [0.4, 0.5) is 5.69 Å². The van der Waals surface area contributed by atoms with Crippen LogP contribution in [0.5, 0.6) is 0 Å². The first-order chi connectivity index (χ1) is 11.0.